The van der Waals surface area contributed by atoms with E-state index in [0.717, 1.165) is 17.7 Å². The molecule has 0 radical (unpaired) electrons. The first-order valence-electron chi connectivity index (χ1n) is 10.2. The van der Waals surface area contributed by atoms with Crippen LogP contribution in [0.25, 0.3) is 0 Å². The maximum absolute atomic E-state index is 12.4. The van der Waals surface area contributed by atoms with Crippen LogP contribution < -0.4 is 10.1 Å². The number of benzene rings is 2. The molecule has 2 aromatic rings. The van der Waals surface area contributed by atoms with Crippen molar-refractivity contribution in [1.82, 2.24) is 5.32 Å². The second-order valence-electron chi connectivity index (χ2n) is 6.44. The van der Waals surface area contributed by atoms with E-state index in [-0.39, 0.29) is 17.3 Å². The Labute approximate surface area is 201 Å². The molecule has 0 aliphatic heterocycles. The molecule has 7 nitrogen and oxygen atoms in total. The molecule has 0 aliphatic carbocycles. The van der Waals surface area contributed by atoms with E-state index in [1.165, 1.54) is 20.2 Å². The maximum atomic E-state index is 12.4. The van der Waals surface area contributed by atoms with Crippen LogP contribution >= 0.6 is 11.6 Å². The van der Waals surface area contributed by atoms with E-state index in [4.69, 9.17) is 21.3 Å². The zero-order valence-corrected chi connectivity index (χ0v) is 20.5. The summed E-state index contributed by atoms with van der Waals surface area (Å²) in [5, 5.41) is 10.3. The van der Waals surface area contributed by atoms with E-state index in [0.29, 0.717) is 22.4 Å². The lowest BCUT2D eigenvalue weighted by Crippen LogP contribution is -2.29. The number of carbonyl (C=O) groups excluding carboxylic acids is 1. The molecule has 0 heterocycles. The molecule has 0 saturated heterocycles. The third-order valence-electron chi connectivity index (χ3n) is 4.26. The zero-order valence-electron chi connectivity index (χ0n) is 19.7. The van der Waals surface area contributed by atoms with Crippen LogP contribution in [0.3, 0.4) is 0 Å². The molecule has 0 spiro atoms. The minimum Gasteiger partial charge on any atom is -0.406 e. The smallest absolute Gasteiger partial charge is 0.406 e. The summed E-state index contributed by atoms with van der Waals surface area (Å²) >= 11 is 6.07. The fourth-order valence-electron chi connectivity index (χ4n) is 2.77. The van der Waals surface area contributed by atoms with Gasteiger partial charge in [0.2, 0.25) is 0 Å². The van der Waals surface area contributed by atoms with Gasteiger partial charge in [-0.2, -0.15) is 0 Å². The second kappa shape index (κ2) is 13.4. The molecule has 2 aromatic carbocycles. The van der Waals surface area contributed by atoms with Gasteiger partial charge in [0.1, 0.15) is 19.5 Å². The predicted molar refractivity (Wildman–Crippen MR) is 125 cm³/mol. The number of nitrogens with one attached hydrogen (secondary N) is 1. The summed E-state index contributed by atoms with van der Waals surface area (Å²) in [5.41, 5.74) is 2.77. The first kappa shape index (κ1) is 28.8. The molecule has 0 saturated carbocycles. The first-order chi connectivity index (χ1) is 16.1. The van der Waals surface area contributed by atoms with Gasteiger partial charge in [0, 0.05) is 23.7 Å². The average Bonchev–Trinajstić information content (AvgIpc) is 2.78. The fraction of sp³-hybridized carbons (Fsp3) is 0.348. The van der Waals surface area contributed by atoms with E-state index < -0.39 is 18.0 Å². The normalized spacial score (nSPS) is 11.8. The molecule has 1 amide bonds. The van der Waals surface area contributed by atoms with Crippen molar-refractivity contribution in [2.75, 3.05) is 14.2 Å². The quantitative estimate of drug-likeness (QED) is 0.376. The lowest BCUT2D eigenvalue weighted by atomic mass is 9.98. The van der Waals surface area contributed by atoms with Gasteiger partial charge < -0.3 is 19.7 Å². The maximum Gasteiger partial charge on any atom is 0.573 e. The van der Waals surface area contributed by atoms with Gasteiger partial charge in [-0.15, -0.1) is 13.2 Å². The number of hydrogen-bond acceptors (Lipinski definition) is 6. The number of halogens is 4. The second-order valence-corrected chi connectivity index (χ2v) is 6.85. The van der Waals surface area contributed by atoms with Gasteiger partial charge in [-0.1, -0.05) is 54.0 Å². The molecule has 0 aliphatic rings. The molecule has 0 bridgehead atoms. The van der Waals surface area contributed by atoms with Crippen LogP contribution in [-0.2, 0) is 21.1 Å². The minimum absolute atomic E-state index is 0.00797. The molecule has 34 heavy (non-hydrogen) atoms. The molecule has 1 N–H and O–H groups in total. The van der Waals surface area contributed by atoms with Crippen molar-refractivity contribution in [3.63, 3.8) is 0 Å². The number of carbonyl (C=O) groups is 1. The van der Waals surface area contributed by atoms with Crippen LogP contribution in [-0.4, -0.2) is 37.9 Å². The molecular weight excluding hydrogens is 475 g/mol. The van der Waals surface area contributed by atoms with Gasteiger partial charge in [-0.05, 0) is 37.6 Å². The summed E-state index contributed by atoms with van der Waals surface area (Å²) in [6, 6.07) is 8.82. The first-order valence-corrected chi connectivity index (χ1v) is 10.6. The topological polar surface area (TPSA) is 81.5 Å². The third kappa shape index (κ3) is 8.26. The number of amides is 1. The monoisotopic (exact) mass is 501 g/mol. The molecular formula is C23H27ClF3N3O4. The number of alkyl halides is 3. The Kier molecular flexibility index (Phi) is 11.4. The van der Waals surface area contributed by atoms with Gasteiger partial charge in [-0.25, -0.2) is 0 Å². The zero-order chi connectivity index (χ0) is 25.9. The minimum atomic E-state index is -4.82. The lowest BCUT2D eigenvalue weighted by Gasteiger charge is -2.13. The fourth-order valence-corrected chi connectivity index (χ4v) is 3.07. The van der Waals surface area contributed by atoms with Crippen LogP contribution in [0.15, 0.2) is 46.7 Å². The van der Waals surface area contributed by atoms with E-state index >= 15 is 0 Å². The van der Waals surface area contributed by atoms with Crippen molar-refractivity contribution in [3.8, 4) is 5.75 Å². The number of likely N-dealkylation sites (N-methyl/N-ethyl adjacent to an activating group) is 1. The Balaban J connectivity index is 0.00000281. The lowest BCUT2D eigenvalue weighted by molar-refractivity contribution is -0.274. The van der Waals surface area contributed by atoms with Crippen LogP contribution in [0.1, 0.15) is 43.0 Å². The number of nitrogens with zero attached hydrogens (tertiary/aromatic N) is 2. The standard InChI is InChI=1S/C21H21ClF3N3O4.C2H6/c1-12-6-5-7-16(19(28-30-4)20(29)26-3)17(12)11-31-27-13(2)15-9-8-14(10-18(15)22)32-21(23,24)25;1-2/h5-10H,11H2,1-4H3,(H,26,29);1-2H3/b27-13+,28-19+;. The summed E-state index contributed by atoms with van der Waals surface area (Å²) in [5.74, 6) is -0.880. The van der Waals surface area contributed by atoms with Gasteiger partial charge >= 0.3 is 6.36 Å². The summed E-state index contributed by atoms with van der Waals surface area (Å²) < 4.78 is 40.9. The van der Waals surface area contributed by atoms with Gasteiger partial charge in [0.15, 0.2) is 5.71 Å². The highest BCUT2D eigenvalue weighted by atomic mass is 35.5. The Morgan fingerprint density at radius 1 is 1.12 bits per heavy atom. The molecule has 0 fully saturated rings. The van der Waals surface area contributed by atoms with E-state index in [2.05, 4.69) is 20.4 Å². The molecule has 186 valence electrons. The number of rotatable bonds is 8. The van der Waals surface area contributed by atoms with Crippen molar-refractivity contribution >= 4 is 28.9 Å². The summed E-state index contributed by atoms with van der Waals surface area (Å²) in [6.45, 7) is 7.42. The summed E-state index contributed by atoms with van der Waals surface area (Å²) in [4.78, 5) is 22.4. The average molecular weight is 502 g/mol. The largest absolute Gasteiger partial charge is 0.573 e. The SMILES string of the molecule is CC.CNC(=O)/C(=N/OC)c1cccc(C)c1CO/N=C(\C)c1ccc(OC(F)(F)F)cc1Cl. The highest BCUT2D eigenvalue weighted by Gasteiger charge is 2.31. The van der Waals surface area contributed by atoms with Crippen molar-refractivity contribution in [3.05, 3.63) is 63.7 Å². The van der Waals surface area contributed by atoms with Crippen LogP contribution in [0, 0.1) is 6.92 Å². The summed E-state index contributed by atoms with van der Waals surface area (Å²) in [6.07, 6.45) is -4.82. The molecule has 11 heteroatoms. The molecule has 0 unspecified atom stereocenters. The van der Waals surface area contributed by atoms with Crippen molar-refractivity contribution in [2.24, 2.45) is 10.3 Å². The van der Waals surface area contributed by atoms with E-state index in [9.17, 15) is 18.0 Å². The molecule has 0 atom stereocenters. The van der Waals surface area contributed by atoms with Gasteiger partial charge in [0.25, 0.3) is 5.91 Å². The number of oxime groups is 2. The highest BCUT2D eigenvalue weighted by Crippen LogP contribution is 2.28. The molecule has 2 rings (SSSR count). The van der Waals surface area contributed by atoms with Crippen LogP contribution in [0.2, 0.25) is 5.02 Å². The van der Waals surface area contributed by atoms with Gasteiger partial charge in [0.05, 0.1) is 10.7 Å². The van der Waals surface area contributed by atoms with Gasteiger partial charge in [-0.3, -0.25) is 4.79 Å². The highest BCUT2D eigenvalue weighted by molar-refractivity contribution is 6.45. The number of aryl methyl sites for hydroxylation is 1. The van der Waals surface area contributed by atoms with E-state index in [1.807, 2.05) is 26.8 Å². The van der Waals surface area contributed by atoms with Crippen molar-refractivity contribution in [1.29, 1.82) is 0 Å². The Hall–Kier alpha value is -3.27. The van der Waals surface area contributed by atoms with Crippen LogP contribution in [0.5, 0.6) is 5.75 Å². The van der Waals surface area contributed by atoms with Crippen molar-refractivity contribution < 1.29 is 32.4 Å². The Bertz CT molecular complexity index is 1040. The number of ether oxygens (including phenoxy) is 1. The van der Waals surface area contributed by atoms with Crippen LogP contribution in [0.4, 0.5) is 13.2 Å². The Morgan fingerprint density at radius 2 is 1.79 bits per heavy atom. The summed E-state index contributed by atoms with van der Waals surface area (Å²) in [7, 11) is 2.80. The van der Waals surface area contributed by atoms with E-state index in [1.54, 1.807) is 19.1 Å². The third-order valence-corrected chi connectivity index (χ3v) is 4.58. The Morgan fingerprint density at radius 3 is 2.35 bits per heavy atom. The van der Waals surface area contributed by atoms with Crippen molar-refractivity contribution in [2.45, 2.75) is 40.7 Å². The molecule has 0 aromatic heterocycles. The predicted octanol–water partition coefficient (Wildman–Crippen LogP) is 5.61. The number of hydrogen-bond donors (Lipinski definition) is 1.